The van der Waals surface area contributed by atoms with Gasteiger partial charge in [0.25, 0.3) is 5.56 Å². The van der Waals surface area contributed by atoms with Crippen molar-refractivity contribution in [1.82, 2.24) is 9.13 Å². The van der Waals surface area contributed by atoms with Crippen molar-refractivity contribution in [2.45, 2.75) is 26.4 Å². The van der Waals surface area contributed by atoms with Crippen LogP contribution in [0.4, 0.5) is 0 Å². The molecule has 1 heterocycles. The zero-order chi connectivity index (χ0) is 15.4. The zero-order valence-electron chi connectivity index (χ0n) is 11.7. The highest BCUT2D eigenvalue weighted by molar-refractivity contribution is 5.70. The first-order chi connectivity index (χ1) is 10.0. The fourth-order valence-corrected chi connectivity index (χ4v) is 2.06. The SMILES string of the molecule is CCn1ccc(=O)n(Cc2ccc(CC(=O)O)cc2)c1=O. The number of aryl methyl sites for hydroxylation is 1. The molecule has 0 aliphatic carbocycles. The molecule has 1 aromatic carbocycles. The Morgan fingerprint density at radius 3 is 2.29 bits per heavy atom. The van der Waals surface area contributed by atoms with Gasteiger partial charge >= 0.3 is 11.7 Å². The molecule has 0 atom stereocenters. The minimum Gasteiger partial charge on any atom is -0.481 e. The maximum absolute atomic E-state index is 12.1. The Hall–Kier alpha value is -2.63. The topological polar surface area (TPSA) is 81.3 Å². The summed E-state index contributed by atoms with van der Waals surface area (Å²) < 4.78 is 2.62. The normalized spacial score (nSPS) is 10.5. The molecule has 2 rings (SSSR count). The van der Waals surface area contributed by atoms with E-state index in [1.54, 1.807) is 24.3 Å². The quantitative estimate of drug-likeness (QED) is 0.878. The number of nitrogens with zero attached hydrogens (tertiary/aromatic N) is 2. The molecule has 6 nitrogen and oxygen atoms in total. The average Bonchev–Trinajstić information content (AvgIpc) is 2.45. The number of aromatic nitrogens is 2. The monoisotopic (exact) mass is 288 g/mol. The van der Waals surface area contributed by atoms with Crippen molar-refractivity contribution >= 4 is 5.97 Å². The molecule has 0 unspecified atom stereocenters. The summed E-state index contributed by atoms with van der Waals surface area (Å²) in [5.41, 5.74) is 0.758. The third-order valence-electron chi connectivity index (χ3n) is 3.20. The molecule has 0 aliphatic rings. The summed E-state index contributed by atoms with van der Waals surface area (Å²) in [6.07, 6.45) is 1.44. The molecule has 2 aromatic rings. The van der Waals surface area contributed by atoms with Crippen LogP contribution in [0.2, 0.25) is 0 Å². The van der Waals surface area contributed by atoms with Crippen molar-refractivity contribution in [2.75, 3.05) is 0 Å². The summed E-state index contributed by atoms with van der Waals surface area (Å²) >= 11 is 0. The highest BCUT2D eigenvalue weighted by atomic mass is 16.4. The molecule has 0 bridgehead atoms. The van der Waals surface area contributed by atoms with Gasteiger partial charge in [-0.3, -0.25) is 14.2 Å². The number of carboxylic acids is 1. The standard InChI is InChI=1S/C15H16N2O4/c1-2-16-8-7-13(18)17(15(16)21)10-12-5-3-11(4-6-12)9-14(19)20/h3-8H,2,9-10H2,1H3,(H,19,20). The highest BCUT2D eigenvalue weighted by Gasteiger charge is 2.06. The van der Waals surface area contributed by atoms with E-state index in [0.717, 1.165) is 10.1 Å². The lowest BCUT2D eigenvalue weighted by atomic mass is 10.1. The fraction of sp³-hybridized carbons (Fsp3) is 0.267. The number of hydrogen-bond acceptors (Lipinski definition) is 3. The van der Waals surface area contributed by atoms with Crippen LogP contribution in [0.15, 0.2) is 46.1 Å². The lowest BCUT2D eigenvalue weighted by Crippen LogP contribution is -2.38. The van der Waals surface area contributed by atoms with Crippen molar-refractivity contribution in [3.63, 3.8) is 0 Å². The van der Waals surface area contributed by atoms with Gasteiger partial charge in [-0.1, -0.05) is 24.3 Å². The van der Waals surface area contributed by atoms with Gasteiger partial charge in [-0.25, -0.2) is 4.79 Å². The maximum Gasteiger partial charge on any atom is 0.331 e. The van der Waals surface area contributed by atoms with Crippen LogP contribution in [0.3, 0.4) is 0 Å². The van der Waals surface area contributed by atoms with Gasteiger partial charge in [-0.15, -0.1) is 0 Å². The van der Waals surface area contributed by atoms with Gasteiger partial charge in [0.1, 0.15) is 0 Å². The summed E-state index contributed by atoms with van der Waals surface area (Å²) in [7, 11) is 0. The first kappa shape index (κ1) is 14.8. The number of carbonyl (C=O) groups is 1. The molecule has 0 saturated carbocycles. The summed E-state index contributed by atoms with van der Waals surface area (Å²) in [5.74, 6) is -0.895. The maximum atomic E-state index is 12.1. The largest absolute Gasteiger partial charge is 0.481 e. The molecule has 110 valence electrons. The molecule has 0 radical (unpaired) electrons. The van der Waals surface area contributed by atoms with Gasteiger partial charge in [-0.2, -0.15) is 0 Å². The van der Waals surface area contributed by atoms with Gasteiger partial charge < -0.3 is 9.67 Å². The van der Waals surface area contributed by atoms with Crippen LogP contribution in [0.1, 0.15) is 18.1 Å². The Morgan fingerprint density at radius 2 is 1.71 bits per heavy atom. The molecule has 1 aromatic heterocycles. The van der Waals surface area contributed by atoms with E-state index in [1.165, 1.54) is 16.8 Å². The molecule has 6 heteroatoms. The van der Waals surface area contributed by atoms with Crippen molar-refractivity contribution < 1.29 is 9.90 Å². The molecule has 0 saturated heterocycles. The van der Waals surface area contributed by atoms with Gasteiger partial charge in [0.2, 0.25) is 0 Å². The zero-order valence-corrected chi connectivity index (χ0v) is 11.7. The second-order valence-electron chi connectivity index (χ2n) is 4.70. The second-order valence-corrected chi connectivity index (χ2v) is 4.70. The van der Waals surface area contributed by atoms with Crippen LogP contribution in [0.5, 0.6) is 0 Å². The van der Waals surface area contributed by atoms with E-state index in [4.69, 9.17) is 5.11 Å². The fourth-order valence-electron chi connectivity index (χ4n) is 2.06. The third-order valence-corrected chi connectivity index (χ3v) is 3.20. The minimum absolute atomic E-state index is 0.0474. The van der Waals surface area contributed by atoms with Crippen LogP contribution >= 0.6 is 0 Å². The number of hydrogen-bond donors (Lipinski definition) is 1. The van der Waals surface area contributed by atoms with E-state index in [1.807, 2.05) is 6.92 Å². The Kier molecular flexibility index (Phi) is 4.37. The Morgan fingerprint density at radius 1 is 1.10 bits per heavy atom. The van der Waals surface area contributed by atoms with Gasteiger partial charge in [0, 0.05) is 18.8 Å². The lowest BCUT2D eigenvalue weighted by molar-refractivity contribution is -0.136. The van der Waals surface area contributed by atoms with Crippen molar-refractivity contribution in [2.24, 2.45) is 0 Å². The average molecular weight is 288 g/mol. The predicted molar refractivity (Wildman–Crippen MR) is 77.5 cm³/mol. The first-order valence-corrected chi connectivity index (χ1v) is 6.61. The lowest BCUT2D eigenvalue weighted by Gasteiger charge is -2.08. The number of carboxylic acid groups (broad SMARTS) is 1. The van der Waals surface area contributed by atoms with Crippen molar-refractivity contribution in [3.05, 3.63) is 68.5 Å². The molecular formula is C15H16N2O4. The Bertz CT molecular complexity index is 756. The smallest absolute Gasteiger partial charge is 0.331 e. The second kappa shape index (κ2) is 6.21. The van der Waals surface area contributed by atoms with Gasteiger partial charge in [-0.05, 0) is 18.1 Å². The summed E-state index contributed by atoms with van der Waals surface area (Å²) in [4.78, 5) is 34.5. The molecule has 1 N–H and O–H groups in total. The van der Waals surface area contributed by atoms with E-state index in [0.29, 0.717) is 12.1 Å². The van der Waals surface area contributed by atoms with Crippen LogP contribution in [-0.2, 0) is 24.3 Å². The third kappa shape index (κ3) is 3.47. The van der Waals surface area contributed by atoms with Crippen LogP contribution in [0.25, 0.3) is 0 Å². The predicted octanol–water partition coefficient (Wildman–Crippen LogP) is 0.705. The summed E-state index contributed by atoms with van der Waals surface area (Å²) in [5, 5.41) is 8.71. The number of benzene rings is 1. The molecule has 0 spiro atoms. The Labute approximate surface area is 120 Å². The minimum atomic E-state index is -0.895. The molecule has 21 heavy (non-hydrogen) atoms. The summed E-state index contributed by atoms with van der Waals surface area (Å²) in [6, 6.07) is 8.20. The Balaban J connectivity index is 2.28. The van der Waals surface area contributed by atoms with Gasteiger partial charge in [0.05, 0.1) is 13.0 Å². The van der Waals surface area contributed by atoms with E-state index < -0.39 is 5.97 Å². The van der Waals surface area contributed by atoms with Crippen molar-refractivity contribution in [1.29, 1.82) is 0 Å². The van der Waals surface area contributed by atoms with E-state index in [-0.39, 0.29) is 24.2 Å². The van der Waals surface area contributed by atoms with Crippen LogP contribution < -0.4 is 11.2 Å². The number of aliphatic carboxylic acids is 1. The van der Waals surface area contributed by atoms with Gasteiger partial charge in [0.15, 0.2) is 0 Å². The molecule has 0 aliphatic heterocycles. The van der Waals surface area contributed by atoms with E-state index in [2.05, 4.69) is 0 Å². The first-order valence-electron chi connectivity index (χ1n) is 6.61. The number of rotatable bonds is 5. The summed E-state index contributed by atoms with van der Waals surface area (Å²) in [6.45, 7) is 2.50. The van der Waals surface area contributed by atoms with Crippen molar-refractivity contribution in [3.8, 4) is 0 Å². The molecule has 0 fully saturated rings. The molecular weight excluding hydrogens is 272 g/mol. The van der Waals surface area contributed by atoms with E-state index >= 15 is 0 Å². The van der Waals surface area contributed by atoms with E-state index in [9.17, 15) is 14.4 Å². The van der Waals surface area contributed by atoms with Crippen LogP contribution in [0, 0.1) is 0 Å². The van der Waals surface area contributed by atoms with Crippen LogP contribution in [-0.4, -0.2) is 20.2 Å². The molecule has 0 amide bonds. The highest BCUT2D eigenvalue weighted by Crippen LogP contribution is 2.06.